The fraction of sp³-hybridized carbons (Fsp3) is 0.143. The number of aromatic nitrogens is 6. The molecule has 0 aliphatic rings. The first-order chi connectivity index (χ1) is 14.5. The normalized spacial score (nSPS) is 11.6. The molecule has 0 unspecified atom stereocenters. The first-order valence-electron chi connectivity index (χ1n) is 9.19. The predicted octanol–water partition coefficient (Wildman–Crippen LogP) is 2.04. The molecule has 0 fully saturated rings. The molecule has 9 nitrogen and oxygen atoms in total. The fourth-order valence-corrected chi connectivity index (χ4v) is 2.91. The minimum Gasteiger partial charge on any atom is -0.454 e. The van der Waals surface area contributed by atoms with Crippen molar-refractivity contribution in [3.05, 3.63) is 87.7 Å². The van der Waals surface area contributed by atoms with Crippen molar-refractivity contribution in [2.75, 3.05) is 0 Å². The number of ether oxygens (including phenoxy) is 1. The highest BCUT2D eigenvalue weighted by atomic mass is 16.5. The van der Waals surface area contributed by atoms with Gasteiger partial charge < -0.3 is 4.74 Å². The smallest absolute Gasteiger partial charge is 0.357 e. The second kappa shape index (κ2) is 8.08. The van der Waals surface area contributed by atoms with Crippen LogP contribution < -0.4 is 5.56 Å². The number of hydrogen-bond donors (Lipinski definition) is 0. The van der Waals surface area contributed by atoms with Gasteiger partial charge in [0, 0.05) is 12.3 Å². The molecule has 0 aliphatic carbocycles. The van der Waals surface area contributed by atoms with Gasteiger partial charge in [-0.15, -0.1) is 5.10 Å². The van der Waals surface area contributed by atoms with E-state index in [1.165, 1.54) is 15.1 Å². The van der Waals surface area contributed by atoms with Crippen LogP contribution in [0.3, 0.4) is 0 Å². The lowest BCUT2D eigenvalue weighted by atomic mass is 10.2. The minimum atomic E-state index is -0.639. The van der Waals surface area contributed by atoms with Crippen LogP contribution in [-0.4, -0.2) is 35.6 Å². The van der Waals surface area contributed by atoms with Crippen molar-refractivity contribution in [1.29, 1.82) is 0 Å². The van der Waals surface area contributed by atoms with Gasteiger partial charge in [0.25, 0.3) is 5.56 Å². The van der Waals surface area contributed by atoms with Crippen LogP contribution in [0.2, 0.25) is 0 Å². The van der Waals surface area contributed by atoms with Gasteiger partial charge in [-0.05, 0) is 47.5 Å². The Balaban J connectivity index is 1.61. The Morgan fingerprint density at radius 3 is 2.67 bits per heavy atom. The summed E-state index contributed by atoms with van der Waals surface area (Å²) in [5.41, 5.74) is 2.47. The summed E-state index contributed by atoms with van der Waals surface area (Å²) >= 11 is 0. The lowest BCUT2D eigenvalue weighted by molar-refractivity contribution is -0.138. The van der Waals surface area contributed by atoms with Gasteiger partial charge in [-0.1, -0.05) is 36.4 Å². The first kappa shape index (κ1) is 19.2. The number of carbonyl (C=O) groups is 1. The van der Waals surface area contributed by atoms with E-state index in [1.807, 2.05) is 43.3 Å². The predicted molar refractivity (Wildman–Crippen MR) is 109 cm³/mol. The molecule has 0 radical (unpaired) electrons. The number of aryl methyl sites for hydroxylation is 2. The Labute approximate surface area is 171 Å². The molecule has 150 valence electrons. The summed E-state index contributed by atoms with van der Waals surface area (Å²) in [7, 11) is 0. The van der Waals surface area contributed by atoms with Crippen molar-refractivity contribution >= 4 is 23.4 Å². The van der Waals surface area contributed by atoms with Gasteiger partial charge in [0.1, 0.15) is 12.3 Å². The first-order valence-corrected chi connectivity index (χ1v) is 9.19. The highest BCUT2D eigenvalue weighted by molar-refractivity contribution is 6.15. The van der Waals surface area contributed by atoms with Gasteiger partial charge in [0.2, 0.25) is 0 Å². The fourth-order valence-electron chi connectivity index (χ4n) is 2.91. The molecule has 0 N–H and O–H groups in total. The molecule has 1 aromatic carbocycles. The van der Waals surface area contributed by atoms with Crippen molar-refractivity contribution in [3.63, 3.8) is 0 Å². The largest absolute Gasteiger partial charge is 0.454 e. The lowest BCUT2D eigenvalue weighted by Gasteiger charge is -2.09. The highest BCUT2D eigenvalue weighted by Gasteiger charge is 2.18. The van der Waals surface area contributed by atoms with E-state index in [1.54, 1.807) is 25.3 Å². The van der Waals surface area contributed by atoms with Gasteiger partial charge in [-0.2, -0.15) is 4.68 Å². The van der Waals surface area contributed by atoms with E-state index in [9.17, 15) is 9.59 Å². The number of pyridine rings is 1. The van der Waals surface area contributed by atoms with E-state index in [0.717, 1.165) is 11.1 Å². The molecular weight excluding hydrogens is 384 g/mol. The van der Waals surface area contributed by atoms with Gasteiger partial charge in [-0.25, -0.2) is 9.78 Å². The van der Waals surface area contributed by atoms with Crippen LogP contribution in [0.1, 0.15) is 22.6 Å². The van der Waals surface area contributed by atoms with Gasteiger partial charge in [0.05, 0.1) is 5.69 Å². The number of fused-ring (bicyclic) bond motifs is 1. The standard InChI is InChI=1S/C21H18N6O3/c1-14-8-9-19-22-17(11-20(28)26(19)12-14)13-30-21(29)18(27-15(2)23-24-25-27)10-16-6-4-3-5-7-16/h3-12H,13H2,1-2H3/b18-10-. The van der Waals surface area contributed by atoms with E-state index < -0.39 is 5.97 Å². The van der Waals surface area contributed by atoms with E-state index >= 15 is 0 Å². The summed E-state index contributed by atoms with van der Waals surface area (Å²) in [6.45, 7) is 3.41. The molecule has 3 heterocycles. The summed E-state index contributed by atoms with van der Waals surface area (Å²) in [6, 6.07) is 14.2. The number of nitrogens with zero attached hydrogens (tertiary/aromatic N) is 6. The second-order valence-electron chi connectivity index (χ2n) is 6.67. The van der Waals surface area contributed by atoms with Crippen LogP contribution in [-0.2, 0) is 16.1 Å². The number of tetrazole rings is 1. The van der Waals surface area contributed by atoms with Crippen molar-refractivity contribution in [2.24, 2.45) is 0 Å². The number of hydrogen-bond acceptors (Lipinski definition) is 7. The van der Waals surface area contributed by atoms with E-state index in [-0.39, 0.29) is 17.9 Å². The maximum Gasteiger partial charge on any atom is 0.357 e. The summed E-state index contributed by atoms with van der Waals surface area (Å²) < 4.78 is 8.19. The summed E-state index contributed by atoms with van der Waals surface area (Å²) in [4.78, 5) is 29.6. The molecule has 0 saturated heterocycles. The van der Waals surface area contributed by atoms with Crippen molar-refractivity contribution < 1.29 is 9.53 Å². The zero-order chi connectivity index (χ0) is 21.1. The quantitative estimate of drug-likeness (QED) is 0.372. The maximum atomic E-state index is 12.8. The molecule has 4 rings (SSSR count). The van der Waals surface area contributed by atoms with Crippen molar-refractivity contribution in [1.82, 2.24) is 29.6 Å². The number of rotatable bonds is 5. The van der Waals surface area contributed by atoms with E-state index in [4.69, 9.17) is 4.74 Å². The Hall–Kier alpha value is -4.14. The summed E-state index contributed by atoms with van der Waals surface area (Å²) in [5.74, 6) is -0.202. The number of carbonyl (C=O) groups excluding carboxylic acids is 1. The molecule has 30 heavy (non-hydrogen) atoms. The molecule has 0 spiro atoms. The van der Waals surface area contributed by atoms with Crippen molar-refractivity contribution in [2.45, 2.75) is 20.5 Å². The zero-order valence-electron chi connectivity index (χ0n) is 16.4. The third kappa shape index (κ3) is 4.00. The molecule has 0 aliphatic heterocycles. The molecule has 3 aromatic heterocycles. The van der Waals surface area contributed by atoms with E-state index in [0.29, 0.717) is 17.2 Å². The average molecular weight is 402 g/mol. The minimum absolute atomic E-state index is 0.150. The summed E-state index contributed by atoms with van der Waals surface area (Å²) in [6.07, 6.45) is 3.35. The average Bonchev–Trinajstić information content (AvgIpc) is 3.17. The molecule has 0 bridgehead atoms. The van der Waals surface area contributed by atoms with Crippen LogP contribution in [0.5, 0.6) is 0 Å². The Morgan fingerprint density at radius 2 is 1.93 bits per heavy atom. The van der Waals surface area contributed by atoms with Gasteiger partial charge in [0.15, 0.2) is 11.5 Å². The number of esters is 1. The third-order valence-corrected chi connectivity index (χ3v) is 4.38. The van der Waals surface area contributed by atoms with Crippen LogP contribution in [0.4, 0.5) is 0 Å². The molecular formula is C21H18N6O3. The Kier molecular flexibility index (Phi) is 5.17. The molecule has 4 aromatic rings. The number of benzene rings is 1. The molecule has 9 heteroatoms. The zero-order valence-corrected chi connectivity index (χ0v) is 16.4. The third-order valence-electron chi connectivity index (χ3n) is 4.38. The van der Waals surface area contributed by atoms with Crippen LogP contribution in [0.25, 0.3) is 17.4 Å². The Bertz CT molecular complexity index is 1310. The molecule has 0 saturated carbocycles. The van der Waals surface area contributed by atoms with Crippen LogP contribution in [0.15, 0.2) is 59.5 Å². The topological polar surface area (TPSA) is 104 Å². The Morgan fingerprint density at radius 1 is 1.13 bits per heavy atom. The highest BCUT2D eigenvalue weighted by Crippen LogP contribution is 2.14. The van der Waals surface area contributed by atoms with Gasteiger partial charge in [-0.3, -0.25) is 9.20 Å². The molecule has 0 amide bonds. The maximum absolute atomic E-state index is 12.8. The van der Waals surface area contributed by atoms with Crippen molar-refractivity contribution in [3.8, 4) is 0 Å². The molecule has 0 atom stereocenters. The van der Waals surface area contributed by atoms with E-state index in [2.05, 4.69) is 20.5 Å². The van der Waals surface area contributed by atoms with Crippen LogP contribution >= 0.6 is 0 Å². The van der Waals surface area contributed by atoms with Crippen LogP contribution in [0, 0.1) is 13.8 Å². The lowest BCUT2D eigenvalue weighted by Crippen LogP contribution is -2.18. The SMILES string of the molecule is Cc1ccc2nc(COC(=O)/C(=C/c3ccccc3)n3nnnc3C)cc(=O)n2c1. The summed E-state index contributed by atoms with van der Waals surface area (Å²) in [5, 5.41) is 11.3. The van der Waals surface area contributed by atoms with Gasteiger partial charge >= 0.3 is 5.97 Å². The second-order valence-corrected chi connectivity index (χ2v) is 6.67. The monoisotopic (exact) mass is 402 g/mol.